The minimum Gasteiger partial charge on any atom is -0.349 e. The lowest BCUT2D eigenvalue weighted by Crippen LogP contribution is -2.46. The van der Waals surface area contributed by atoms with Crippen LogP contribution < -0.4 is 10.6 Å². The molecule has 1 heterocycles. The van der Waals surface area contributed by atoms with Crippen molar-refractivity contribution in [1.29, 1.82) is 0 Å². The largest absolute Gasteiger partial charge is 0.349 e. The zero-order valence-electron chi connectivity index (χ0n) is 15.6. The molecule has 1 saturated heterocycles. The smallest absolute Gasteiger partial charge is 0.256 e. The maximum atomic E-state index is 13.8. The van der Waals surface area contributed by atoms with E-state index in [1.54, 1.807) is 41.3 Å². The summed E-state index contributed by atoms with van der Waals surface area (Å²) in [5.41, 5.74) is 1.08. The summed E-state index contributed by atoms with van der Waals surface area (Å²) in [4.78, 5) is 37.7. The highest BCUT2D eigenvalue weighted by Gasteiger charge is 2.26. The van der Waals surface area contributed by atoms with Gasteiger partial charge in [-0.25, -0.2) is 4.39 Å². The molecule has 0 bridgehead atoms. The van der Waals surface area contributed by atoms with Crippen LogP contribution >= 0.6 is 0 Å². The molecule has 6 nitrogen and oxygen atoms in total. The van der Waals surface area contributed by atoms with Crippen molar-refractivity contribution in [3.05, 3.63) is 65.5 Å². The molecule has 3 rings (SSSR count). The fourth-order valence-electron chi connectivity index (χ4n) is 3.24. The van der Waals surface area contributed by atoms with Gasteiger partial charge in [-0.2, -0.15) is 0 Å². The lowest BCUT2D eigenvalue weighted by Gasteiger charge is -2.32. The van der Waals surface area contributed by atoms with E-state index >= 15 is 0 Å². The topological polar surface area (TPSA) is 78.5 Å². The second-order valence-corrected chi connectivity index (χ2v) is 6.78. The Kier molecular flexibility index (Phi) is 6.03. The van der Waals surface area contributed by atoms with Gasteiger partial charge in [0.05, 0.1) is 5.56 Å². The number of likely N-dealkylation sites (tertiary alicyclic amines) is 1. The SMILES string of the molecule is CC(=O)Nc1cccc(C(=O)NC2CCN(C(=O)c3ccccc3F)CC2)c1. The van der Waals surface area contributed by atoms with E-state index in [-0.39, 0.29) is 29.3 Å². The van der Waals surface area contributed by atoms with Crippen LogP contribution in [0.15, 0.2) is 48.5 Å². The number of hydrogen-bond donors (Lipinski definition) is 2. The van der Waals surface area contributed by atoms with Gasteiger partial charge in [-0.1, -0.05) is 18.2 Å². The minimum atomic E-state index is -0.526. The van der Waals surface area contributed by atoms with E-state index in [1.165, 1.54) is 19.1 Å². The molecule has 0 spiro atoms. The Labute approximate surface area is 162 Å². The summed E-state index contributed by atoms with van der Waals surface area (Å²) < 4.78 is 13.8. The highest BCUT2D eigenvalue weighted by atomic mass is 19.1. The molecule has 0 aliphatic carbocycles. The fraction of sp³-hybridized carbons (Fsp3) is 0.286. The van der Waals surface area contributed by atoms with Crippen LogP contribution in [-0.4, -0.2) is 41.8 Å². The van der Waals surface area contributed by atoms with Gasteiger partial charge in [0.2, 0.25) is 5.91 Å². The standard InChI is InChI=1S/C21H22FN3O3/c1-14(26)23-17-6-4-5-15(13-17)20(27)24-16-9-11-25(12-10-16)21(28)18-7-2-3-8-19(18)22/h2-8,13,16H,9-12H2,1H3,(H,23,26)(H,24,27). The molecule has 3 amide bonds. The molecule has 28 heavy (non-hydrogen) atoms. The van der Waals surface area contributed by atoms with Crippen molar-refractivity contribution in [1.82, 2.24) is 10.2 Å². The van der Waals surface area contributed by atoms with Gasteiger partial charge in [-0.3, -0.25) is 14.4 Å². The van der Waals surface area contributed by atoms with Crippen molar-refractivity contribution in [2.45, 2.75) is 25.8 Å². The molecule has 146 valence electrons. The third kappa shape index (κ3) is 4.73. The van der Waals surface area contributed by atoms with Crippen molar-refractivity contribution in [2.75, 3.05) is 18.4 Å². The molecule has 1 aliphatic rings. The van der Waals surface area contributed by atoms with Crippen LogP contribution in [0.4, 0.5) is 10.1 Å². The van der Waals surface area contributed by atoms with E-state index in [0.717, 1.165) is 0 Å². The predicted octanol–water partition coefficient (Wildman–Crippen LogP) is 2.82. The van der Waals surface area contributed by atoms with Crippen LogP contribution in [0.25, 0.3) is 0 Å². The molecule has 0 aromatic heterocycles. The first-order valence-corrected chi connectivity index (χ1v) is 9.16. The maximum Gasteiger partial charge on any atom is 0.256 e. The summed E-state index contributed by atoms with van der Waals surface area (Å²) in [5.74, 6) is -1.29. The van der Waals surface area contributed by atoms with Crippen LogP contribution in [-0.2, 0) is 4.79 Å². The molecule has 0 unspecified atom stereocenters. The molecule has 2 N–H and O–H groups in total. The van der Waals surface area contributed by atoms with E-state index in [0.29, 0.717) is 37.2 Å². The number of carbonyl (C=O) groups is 3. The zero-order chi connectivity index (χ0) is 20.1. The Morgan fingerprint density at radius 1 is 1.04 bits per heavy atom. The number of piperidine rings is 1. The van der Waals surface area contributed by atoms with Crippen molar-refractivity contribution in [2.24, 2.45) is 0 Å². The van der Waals surface area contributed by atoms with Gasteiger partial charge in [-0.05, 0) is 43.2 Å². The van der Waals surface area contributed by atoms with Gasteiger partial charge in [0.25, 0.3) is 11.8 Å². The second-order valence-electron chi connectivity index (χ2n) is 6.78. The van der Waals surface area contributed by atoms with E-state index in [9.17, 15) is 18.8 Å². The Morgan fingerprint density at radius 2 is 1.75 bits per heavy atom. The van der Waals surface area contributed by atoms with Crippen LogP contribution in [0.2, 0.25) is 0 Å². The monoisotopic (exact) mass is 383 g/mol. The predicted molar refractivity (Wildman–Crippen MR) is 104 cm³/mol. The molecular formula is C21H22FN3O3. The van der Waals surface area contributed by atoms with Crippen molar-refractivity contribution in [3.8, 4) is 0 Å². The third-order valence-electron chi connectivity index (χ3n) is 4.67. The first kappa shape index (κ1) is 19.5. The molecule has 0 saturated carbocycles. The van der Waals surface area contributed by atoms with Gasteiger partial charge in [0.15, 0.2) is 0 Å². The average Bonchev–Trinajstić information content (AvgIpc) is 2.68. The van der Waals surface area contributed by atoms with E-state index in [4.69, 9.17) is 0 Å². The molecule has 0 radical (unpaired) electrons. The summed E-state index contributed by atoms with van der Waals surface area (Å²) in [7, 11) is 0. The highest BCUT2D eigenvalue weighted by Crippen LogP contribution is 2.17. The van der Waals surface area contributed by atoms with Gasteiger partial charge in [-0.15, -0.1) is 0 Å². The van der Waals surface area contributed by atoms with Gasteiger partial charge in [0.1, 0.15) is 5.82 Å². The lowest BCUT2D eigenvalue weighted by atomic mass is 10.0. The van der Waals surface area contributed by atoms with Crippen LogP contribution in [0.3, 0.4) is 0 Å². The first-order chi connectivity index (χ1) is 13.4. The molecule has 2 aromatic rings. The number of halogens is 1. The molecular weight excluding hydrogens is 361 g/mol. The maximum absolute atomic E-state index is 13.8. The number of nitrogens with one attached hydrogen (secondary N) is 2. The number of hydrogen-bond acceptors (Lipinski definition) is 3. The van der Waals surface area contributed by atoms with Crippen molar-refractivity contribution >= 4 is 23.4 Å². The lowest BCUT2D eigenvalue weighted by molar-refractivity contribution is -0.114. The van der Waals surface area contributed by atoms with Gasteiger partial charge >= 0.3 is 0 Å². The van der Waals surface area contributed by atoms with Crippen molar-refractivity contribution in [3.63, 3.8) is 0 Å². The third-order valence-corrected chi connectivity index (χ3v) is 4.67. The fourth-order valence-corrected chi connectivity index (χ4v) is 3.24. The first-order valence-electron chi connectivity index (χ1n) is 9.16. The van der Waals surface area contributed by atoms with Crippen LogP contribution in [0.5, 0.6) is 0 Å². The summed E-state index contributed by atoms with van der Waals surface area (Å²) in [6.45, 7) is 2.30. The minimum absolute atomic E-state index is 0.0680. The highest BCUT2D eigenvalue weighted by molar-refractivity contribution is 5.97. The van der Waals surface area contributed by atoms with E-state index in [1.807, 2.05) is 0 Å². The summed E-state index contributed by atoms with van der Waals surface area (Å²) in [6.07, 6.45) is 1.19. The molecule has 1 fully saturated rings. The summed E-state index contributed by atoms with van der Waals surface area (Å²) in [5, 5.41) is 5.61. The average molecular weight is 383 g/mol. The van der Waals surface area contributed by atoms with Crippen LogP contribution in [0, 0.1) is 5.82 Å². The second kappa shape index (κ2) is 8.65. The quantitative estimate of drug-likeness (QED) is 0.852. The molecule has 7 heteroatoms. The number of benzene rings is 2. The van der Waals surface area contributed by atoms with Crippen molar-refractivity contribution < 1.29 is 18.8 Å². The Morgan fingerprint density at radius 3 is 2.43 bits per heavy atom. The number of nitrogens with zero attached hydrogens (tertiary/aromatic N) is 1. The Hall–Kier alpha value is -3.22. The molecule has 0 atom stereocenters. The van der Waals surface area contributed by atoms with E-state index in [2.05, 4.69) is 10.6 Å². The Balaban J connectivity index is 1.55. The Bertz CT molecular complexity index is 892. The number of rotatable bonds is 4. The number of amides is 3. The van der Waals surface area contributed by atoms with E-state index < -0.39 is 5.82 Å². The normalized spacial score (nSPS) is 14.4. The number of anilines is 1. The zero-order valence-corrected chi connectivity index (χ0v) is 15.6. The van der Waals surface area contributed by atoms with Gasteiger partial charge < -0.3 is 15.5 Å². The van der Waals surface area contributed by atoms with Crippen LogP contribution in [0.1, 0.15) is 40.5 Å². The molecule has 2 aromatic carbocycles. The van der Waals surface area contributed by atoms with Gasteiger partial charge in [0, 0.05) is 37.3 Å². The molecule has 1 aliphatic heterocycles. The summed E-state index contributed by atoms with van der Waals surface area (Å²) >= 11 is 0. The summed E-state index contributed by atoms with van der Waals surface area (Å²) in [6, 6.07) is 12.6. The number of carbonyl (C=O) groups excluding carboxylic acids is 3.